The third-order valence-corrected chi connectivity index (χ3v) is 3.91. The van der Waals surface area contributed by atoms with Crippen molar-refractivity contribution in [2.45, 2.75) is 20.8 Å². The maximum Gasteiger partial charge on any atom is 0.144 e. The van der Waals surface area contributed by atoms with Crippen LogP contribution in [0.25, 0.3) is 16.9 Å². The Hall–Kier alpha value is -2.29. The van der Waals surface area contributed by atoms with Gasteiger partial charge in [-0.15, -0.1) is 0 Å². The van der Waals surface area contributed by atoms with E-state index >= 15 is 0 Å². The summed E-state index contributed by atoms with van der Waals surface area (Å²) < 4.78 is 7.61. The van der Waals surface area contributed by atoms with Gasteiger partial charge in [-0.05, 0) is 55.7 Å². The van der Waals surface area contributed by atoms with Crippen LogP contribution in [0.2, 0.25) is 0 Å². The zero-order chi connectivity index (χ0) is 14.3. The second-order valence-electron chi connectivity index (χ2n) is 5.10. The van der Waals surface area contributed by atoms with Gasteiger partial charge in [0.25, 0.3) is 0 Å². The van der Waals surface area contributed by atoms with E-state index in [1.807, 2.05) is 24.5 Å². The van der Waals surface area contributed by atoms with Gasteiger partial charge >= 0.3 is 0 Å². The van der Waals surface area contributed by atoms with Crippen LogP contribution >= 0.6 is 0 Å². The molecule has 0 amide bonds. The molecule has 0 bridgehead atoms. The van der Waals surface area contributed by atoms with E-state index in [2.05, 4.69) is 42.3 Å². The Kier molecular flexibility index (Phi) is 2.97. The molecule has 0 atom stereocenters. The minimum absolute atomic E-state index is 0.965. The predicted octanol–water partition coefficient (Wildman–Crippen LogP) is 3.94. The number of aromatic nitrogens is 2. The van der Waals surface area contributed by atoms with Crippen LogP contribution in [-0.4, -0.2) is 16.5 Å². The van der Waals surface area contributed by atoms with Crippen LogP contribution in [-0.2, 0) is 0 Å². The van der Waals surface area contributed by atoms with E-state index in [4.69, 9.17) is 4.74 Å². The summed E-state index contributed by atoms with van der Waals surface area (Å²) in [6.07, 6.45) is 3.95. The number of hydrogen-bond acceptors (Lipinski definition) is 2. The zero-order valence-electron chi connectivity index (χ0n) is 12.3. The summed E-state index contributed by atoms with van der Waals surface area (Å²) in [7, 11) is 1.72. The Labute approximate surface area is 118 Å². The molecule has 0 saturated carbocycles. The molecule has 20 heavy (non-hydrogen) atoms. The van der Waals surface area contributed by atoms with Crippen LogP contribution in [0.1, 0.15) is 16.7 Å². The van der Waals surface area contributed by atoms with Crippen molar-refractivity contribution in [1.82, 2.24) is 9.38 Å². The molecule has 0 aliphatic carbocycles. The lowest BCUT2D eigenvalue weighted by molar-refractivity contribution is 0.408. The number of aryl methyl sites for hydroxylation is 1. The fraction of sp³-hybridized carbons (Fsp3) is 0.235. The number of fused-ring (bicyclic) bond motifs is 1. The van der Waals surface area contributed by atoms with Crippen LogP contribution in [0.3, 0.4) is 0 Å². The van der Waals surface area contributed by atoms with Crippen molar-refractivity contribution in [3.05, 3.63) is 53.3 Å². The van der Waals surface area contributed by atoms with Crippen molar-refractivity contribution in [3.8, 4) is 17.1 Å². The van der Waals surface area contributed by atoms with Gasteiger partial charge in [-0.25, -0.2) is 4.98 Å². The van der Waals surface area contributed by atoms with Gasteiger partial charge in [0, 0.05) is 11.8 Å². The Morgan fingerprint density at radius 2 is 1.90 bits per heavy atom. The molecule has 2 aromatic heterocycles. The standard InChI is InChI=1S/C17H18N2O/c1-11-9-15(12(2)13(3)16(11)20-4)17-18-10-14-7-5-6-8-19(14)17/h5-10H,1-4H3. The molecule has 0 saturated heterocycles. The van der Waals surface area contributed by atoms with E-state index in [1.54, 1.807) is 7.11 Å². The molecule has 0 unspecified atom stereocenters. The molecule has 3 aromatic rings. The van der Waals surface area contributed by atoms with Gasteiger partial charge in [0.15, 0.2) is 0 Å². The summed E-state index contributed by atoms with van der Waals surface area (Å²) in [5.74, 6) is 1.94. The number of rotatable bonds is 2. The van der Waals surface area contributed by atoms with Gasteiger partial charge in [-0.3, -0.25) is 4.40 Å². The lowest BCUT2D eigenvalue weighted by Crippen LogP contribution is -1.98. The number of benzene rings is 1. The van der Waals surface area contributed by atoms with Gasteiger partial charge in [0.05, 0.1) is 18.8 Å². The molecule has 3 rings (SSSR count). The average Bonchev–Trinajstić information content (AvgIpc) is 2.87. The minimum Gasteiger partial charge on any atom is -0.496 e. The van der Waals surface area contributed by atoms with Gasteiger partial charge in [-0.1, -0.05) is 6.07 Å². The highest BCUT2D eigenvalue weighted by atomic mass is 16.5. The molecule has 3 heteroatoms. The second-order valence-corrected chi connectivity index (χ2v) is 5.10. The molecule has 0 spiro atoms. The predicted molar refractivity (Wildman–Crippen MR) is 81.4 cm³/mol. The molecule has 0 aliphatic rings. The van der Waals surface area contributed by atoms with Crippen molar-refractivity contribution in [3.63, 3.8) is 0 Å². The highest BCUT2D eigenvalue weighted by Crippen LogP contribution is 2.33. The first kappa shape index (κ1) is 12.7. The Balaban J connectivity index is 2.30. The monoisotopic (exact) mass is 266 g/mol. The van der Waals surface area contributed by atoms with E-state index < -0.39 is 0 Å². The molecular formula is C17H18N2O. The smallest absolute Gasteiger partial charge is 0.144 e. The Bertz CT molecular complexity index is 787. The normalized spacial score (nSPS) is 11.0. The van der Waals surface area contributed by atoms with Gasteiger partial charge in [-0.2, -0.15) is 0 Å². The van der Waals surface area contributed by atoms with E-state index in [9.17, 15) is 0 Å². The maximum absolute atomic E-state index is 5.49. The molecular weight excluding hydrogens is 248 g/mol. The van der Waals surface area contributed by atoms with E-state index in [1.165, 1.54) is 11.1 Å². The summed E-state index contributed by atoms with van der Waals surface area (Å²) in [5, 5.41) is 0. The van der Waals surface area contributed by atoms with Crippen LogP contribution in [0.5, 0.6) is 5.75 Å². The first-order chi connectivity index (χ1) is 9.63. The largest absolute Gasteiger partial charge is 0.496 e. The lowest BCUT2D eigenvalue weighted by Gasteiger charge is -2.15. The number of hydrogen-bond donors (Lipinski definition) is 0. The first-order valence-electron chi connectivity index (χ1n) is 6.70. The van der Waals surface area contributed by atoms with Crippen LogP contribution in [0.15, 0.2) is 36.7 Å². The lowest BCUT2D eigenvalue weighted by atomic mass is 9.98. The molecule has 0 aliphatic heterocycles. The number of pyridine rings is 1. The van der Waals surface area contributed by atoms with E-state index in [0.717, 1.165) is 28.2 Å². The van der Waals surface area contributed by atoms with Gasteiger partial charge in [0.2, 0.25) is 0 Å². The number of imidazole rings is 1. The summed E-state index contributed by atoms with van der Waals surface area (Å²) in [5.41, 5.74) is 5.79. The molecule has 0 fully saturated rings. The van der Waals surface area contributed by atoms with Crippen molar-refractivity contribution in [2.75, 3.05) is 7.11 Å². The molecule has 1 aromatic carbocycles. The quantitative estimate of drug-likeness (QED) is 0.702. The summed E-state index contributed by atoms with van der Waals surface area (Å²) in [4.78, 5) is 4.59. The fourth-order valence-corrected chi connectivity index (χ4v) is 2.75. The van der Waals surface area contributed by atoms with Crippen molar-refractivity contribution < 1.29 is 4.74 Å². The number of nitrogens with zero attached hydrogens (tertiary/aromatic N) is 2. The second kappa shape index (κ2) is 4.67. The fourth-order valence-electron chi connectivity index (χ4n) is 2.75. The van der Waals surface area contributed by atoms with Crippen molar-refractivity contribution >= 4 is 5.52 Å². The Morgan fingerprint density at radius 3 is 2.65 bits per heavy atom. The molecule has 2 heterocycles. The Morgan fingerprint density at radius 1 is 1.10 bits per heavy atom. The van der Waals surface area contributed by atoms with Crippen LogP contribution in [0.4, 0.5) is 0 Å². The topological polar surface area (TPSA) is 26.5 Å². The van der Waals surface area contributed by atoms with Crippen LogP contribution in [0, 0.1) is 20.8 Å². The van der Waals surface area contributed by atoms with Crippen molar-refractivity contribution in [2.24, 2.45) is 0 Å². The van der Waals surface area contributed by atoms with Crippen molar-refractivity contribution in [1.29, 1.82) is 0 Å². The summed E-state index contributed by atoms with van der Waals surface area (Å²) in [6, 6.07) is 8.27. The number of ether oxygens (including phenoxy) is 1. The molecule has 0 radical (unpaired) electrons. The third kappa shape index (κ3) is 1.78. The molecule has 102 valence electrons. The zero-order valence-corrected chi connectivity index (χ0v) is 12.3. The summed E-state index contributed by atoms with van der Waals surface area (Å²) >= 11 is 0. The van der Waals surface area contributed by atoms with E-state index in [0.29, 0.717) is 0 Å². The highest BCUT2D eigenvalue weighted by molar-refractivity contribution is 5.70. The van der Waals surface area contributed by atoms with Crippen LogP contribution < -0.4 is 4.74 Å². The van der Waals surface area contributed by atoms with E-state index in [-0.39, 0.29) is 0 Å². The van der Waals surface area contributed by atoms with Gasteiger partial charge in [0.1, 0.15) is 11.6 Å². The summed E-state index contributed by atoms with van der Waals surface area (Å²) in [6.45, 7) is 6.29. The maximum atomic E-state index is 5.49. The minimum atomic E-state index is 0.965. The van der Waals surface area contributed by atoms with Gasteiger partial charge < -0.3 is 4.74 Å². The molecule has 3 nitrogen and oxygen atoms in total. The SMILES string of the molecule is COc1c(C)cc(-c2ncc3ccccn23)c(C)c1C. The number of methoxy groups -OCH3 is 1. The third-order valence-electron chi connectivity index (χ3n) is 3.91. The first-order valence-corrected chi connectivity index (χ1v) is 6.70. The average molecular weight is 266 g/mol. The molecule has 0 N–H and O–H groups in total. The highest BCUT2D eigenvalue weighted by Gasteiger charge is 2.15.